The number of benzene rings is 1. The minimum atomic E-state index is -0.201. The lowest BCUT2D eigenvalue weighted by molar-refractivity contribution is 0.102. The van der Waals surface area contributed by atoms with Crippen LogP contribution in [0.5, 0.6) is 0 Å². The molecular weight excluding hydrogens is 264 g/mol. The highest BCUT2D eigenvalue weighted by atomic mass is 16.1. The number of nitrogens with zero attached hydrogens (tertiary/aromatic N) is 3. The fourth-order valence-electron chi connectivity index (χ4n) is 2.08. The Hall–Kier alpha value is -3.13. The molecule has 3 rings (SSSR count). The van der Waals surface area contributed by atoms with Gasteiger partial charge in [0, 0.05) is 18.1 Å². The van der Waals surface area contributed by atoms with Crippen molar-refractivity contribution in [1.29, 1.82) is 5.26 Å². The maximum atomic E-state index is 12.2. The molecule has 0 fully saturated rings. The van der Waals surface area contributed by atoms with Crippen molar-refractivity contribution in [3.05, 3.63) is 65.6 Å². The summed E-state index contributed by atoms with van der Waals surface area (Å²) < 4.78 is 1.82. The molecule has 0 aliphatic heterocycles. The molecule has 0 spiro atoms. The maximum absolute atomic E-state index is 12.2. The second kappa shape index (κ2) is 5.10. The van der Waals surface area contributed by atoms with Gasteiger partial charge in [0.25, 0.3) is 5.91 Å². The van der Waals surface area contributed by atoms with Crippen molar-refractivity contribution in [2.45, 2.75) is 6.92 Å². The number of pyridine rings is 1. The normalized spacial score (nSPS) is 10.3. The first-order valence-electron chi connectivity index (χ1n) is 6.42. The molecule has 0 radical (unpaired) electrons. The number of rotatable bonds is 2. The number of nitrogens with one attached hydrogen (secondary N) is 1. The number of anilines is 1. The van der Waals surface area contributed by atoms with E-state index < -0.39 is 0 Å². The predicted octanol–water partition coefficient (Wildman–Crippen LogP) is 2.77. The molecule has 0 aliphatic rings. The maximum Gasteiger partial charge on any atom is 0.257 e. The van der Waals surface area contributed by atoms with E-state index in [2.05, 4.69) is 10.3 Å². The first-order chi connectivity index (χ1) is 10.2. The van der Waals surface area contributed by atoms with E-state index in [1.54, 1.807) is 42.6 Å². The molecule has 5 heteroatoms. The summed E-state index contributed by atoms with van der Waals surface area (Å²) in [6.45, 7) is 1.91. The quantitative estimate of drug-likeness (QED) is 0.782. The monoisotopic (exact) mass is 276 g/mol. The van der Waals surface area contributed by atoms with Crippen LogP contribution in [-0.4, -0.2) is 15.3 Å². The summed E-state index contributed by atoms with van der Waals surface area (Å²) in [5.41, 5.74) is 3.47. The number of hydrogen-bond acceptors (Lipinski definition) is 3. The Kier molecular flexibility index (Phi) is 3.13. The average Bonchev–Trinajstić information content (AvgIpc) is 2.87. The lowest BCUT2D eigenvalue weighted by Gasteiger charge is -2.05. The molecule has 5 nitrogen and oxygen atoms in total. The molecule has 0 saturated heterocycles. The summed E-state index contributed by atoms with van der Waals surface area (Å²) in [4.78, 5) is 16.5. The third kappa shape index (κ3) is 2.60. The Morgan fingerprint density at radius 3 is 2.67 bits per heavy atom. The number of hydrogen-bond donors (Lipinski definition) is 1. The van der Waals surface area contributed by atoms with Crippen LogP contribution in [0.1, 0.15) is 21.6 Å². The minimum Gasteiger partial charge on any atom is -0.322 e. The van der Waals surface area contributed by atoms with E-state index in [0.717, 1.165) is 11.3 Å². The number of nitriles is 1. The second-order valence-corrected chi connectivity index (χ2v) is 4.71. The summed E-state index contributed by atoms with van der Waals surface area (Å²) in [5, 5.41) is 11.5. The minimum absolute atomic E-state index is 0.201. The van der Waals surface area contributed by atoms with Crippen molar-refractivity contribution in [2.24, 2.45) is 0 Å². The topological polar surface area (TPSA) is 70.2 Å². The molecule has 0 atom stereocenters. The molecule has 2 aromatic heterocycles. The number of carbonyl (C=O) groups is 1. The van der Waals surface area contributed by atoms with Crippen LogP contribution in [0, 0.1) is 18.3 Å². The van der Waals surface area contributed by atoms with Crippen LogP contribution in [0.25, 0.3) is 5.65 Å². The van der Waals surface area contributed by atoms with E-state index in [-0.39, 0.29) is 5.91 Å². The van der Waals surface area contributed by atoms with Gasteiger partial charge in [-0.2, -0.15) is 5.26 Å². The lowest BCUT2D eigenvalue weighted by Crippen LogP contribution is -2.12. The molecule has 1 aromatic carbocycles. The van der Waals surface area contributed by atoms with Crippen molar-refractivity contribution in [1.82, 2.24) is 9.38 Å². The number of aromatic nitrogens is 2. The van der Waals surface area contributed by atoms with Crippen LogP contribution in [0.3, 0.4) is 0 Å². The number of aryl methyl sites for hydroxylation is 1. The third-order valence-corrected chi connectivity index (χ3v) is 3.11. The molecule has 3 aromatic rings. The largest absolute Gasteiger partial charge is 0.322 e. The van der Waals surface area contributed by atoms with Crippen molar-refractivity contribution < 1.29 is 4.79 Å². The van der Waals surface area contributed by atoms with Crippen molar-refractivity contribution in [2.75, 3.05) is 5.32 Å². The lowest BCUT2D eigenvalue weighted by atomic mass is 10.2. The summed E-state index contributed by atoms with van der Waals surface area (Å²) in [6, 6.07) is 12.3. The highest BCUT2D eigenvalue weighted by molar-refractivity contribution is 6.04. The van der Waals surface area contributed by atoms with Gasteiger partial charge in [-0.1, -0.05) is 0 Å². The smallest absolute Gasteiger partial charge is 0.257 e. The fourth-order valence-corrected chi connectivity index (χ4v) is 2.08. The van der Waals surface area contributed by atoms with Gasteiger partial charge in [0.05, 0.1) is 22.9 Å². The summed E-state index contributed by atoms with van der Waals surface area (Å²) in [5.74, 6) is -0.201. The SMILES string of the molecule is Cc1cn2cc(C(=O)Nc3ccc(C#N)cc3)ccc2n1. The van der Waals surface area contributed by atoms with Gasteiger partial charge in [-0.15, -0.1) is 0 Å². The van der Waals surface area contributed by atoms with Gasteiger partial charge in [0.15, 0.2) is 0 Å². The van der Waals surface area contributed by atoms with Crippen molar-refractivity contribution >= 4 is 17.2 Å². The summed E-state index contributed by atoms with van der Waals surface area (Å²) >= 11 is 0. The van der Waals surface area contributed by atoms with E-state index in [1.165, 1.54) is 0 Å². The van der Waals surface area contributed by atoms with E-state index in [1.807, 2.05) is 23.6 Å². The Bertz CT molecular complexity index is 856. The Balaban J connectivity index is 1.84. The number of amides is 1. The number of carbonyl (C=O) groups excluding carboxylic acids is 1. The van der Waals surface area contributed by atoms with E-state index in [9.17, 15) is 4.79 Å². The van der Waals surface area contributed by atoms with Crippen LogP contribution in [0.15, 0.2) is 48.8 Å². The molecule has 21 heavy (non-hydrogen) atoms. The van der Waals surface area contributed by atoms with Gasteiger partial charge in [0.2, 0.25) is 0 Å². The Labute approximate surface area is 121 Å². The molecule has 2 heterocycles. The highest BCUT2D eigenvalue weighted by Gasteiger charge is 2.08. The molecule has 1 amide bonds. The highest BCUT2D eigenvalue weighted by Crippen LogP contribution is 2.12. The van der Waals surface area contributed by atoms with Gasteiger partial charge < -0.3 is 9.72 Å². The van der Waals surface area contributed by atoms with Crippen LogP contribution in [0.2, 0.25) is 0 Å². The van der Waals surface area contributed by atoms with E-state index in [4.69, 9.17) is 5.26 Å². The molecule has 0 unspecified atom stereocenters. The molecule has 1 N–H and O–H groups in total. The summed E-state index contributed by atoms with van der Waals surface area (Å²) in [6.07, 6.45) is 3.61. The first kappa shape index (κ1) is 12.9. The molecular formula is C16H12N4O. The fraction of sp³-hybridized carbons (Fsp3) is 0.0625. The Morgan fingerprint density at radius 2 is 1.95 bits per heavy atom. The number of imidazole rings is 1. The van der Waals surface area contributed by atoms with Gasteiger partial charge in [-0.25, -0.2) is 4.98 Å². The third-order valence-electron chi connectivity index (χ3n) is 3.11. The number of fused-ring (bicyclic) bond motifs is 1. The van der Waals surface area contributed by atoms with Crippen molar-refractivity contribution in [3.63, 3.8) is 0 Å². The van der Waals surface area contributed by atoms with Gasteiger partial charge in [0.1, 0.15) is 5.65 Å². The standard InChI is InChI=1S/C16H12N4O/c1-11-9-20-10-13(4-7-15(20)18-11)16(21)19-14-5-2-12(8-17)3-6-14/h2-7,9-10H,1H3,(H,19,21). The van der Waals surface area contributed by atoms with Gasteiger partial charge in [-0.3, -0.25) is 4.79 Å². The molecule has 102 valence electrons. The first-order valence-corrected chi connectivity index (χ1v) is 6.42. The molecule has 0 saturated carbocycles. The predicted molar refractivity (Wildman–Crippen MR) is 79.0 cm³/mol. The van der Waals surface area contributed by atoms with Gasteiger partial charge in [-0.05, 0) is 43.3 Å². The Morgan fingerprint density at radius 1 is 1.19 bits per heavy atom. The van der Waals surface area contributed by atoms with Crippen LogP contribution in [0.4, 0.5) is 5.69 Å². The molecule has 0 bridgehead atoms. The molecule has 0 aliphatic carbocycles. The van der Waals surface area contributed by atoms with Crippen LogP contribution < -0.4 is 5.32 Å². The van der Waals surface area contributed by atoms with Crippen molar-refractivity contribution in [3.8, 4) is 6.07 Å². The van der Waals surface area contributed by atoms with E-state index >= 15 is 0 Å². The van der Waals surface area contributed by atoms with Gasteiger partial charge >= 0.3 is 0 Å². The van der Waals surface area contributed by atoms with Crippen LogP contribution in [-0.2, 0) is 0 Å². The zero-order valence-corrected chi connectivity index (χ0v) is 11.4. The second-order valence-electron chi connectivity index (χ2n) is 4.71. The zero-order chi connectivity index (χ0) is 14.8. The van der Waals surface area contributed by atoms with E-state index in [0.29, 0.717) is 16.8 Å². The van der Waals surface area contributed by atoms with Crippen LogP contribution >= 0.6 is 0 Å². The summed E-state index contributed by atoms with van der Waals surface area (Å²) in [7, 11) is 0. The zero-order valence-electron chi connectivity index (χ0n) is 11.4. The average molecular weight is 276 g/mol.